The molecule has 0 aromatic heterocycles. The molecule has 5 heteroatoms. The molecular weight excluding hydrogens is 705 g/mol. The van der Waals surface area contributed by atoms with Crippen molar-refractivity contribution < 1.29 is 9.47 Å². The van der Waals surface area contributed by atoms with E-state index in [1.165, 1.54) is 29.4 Å². The van der Waals surface area contributed by atoms with Crippen LogP contribution in [0.4, 0.5) is 0 Å². The molecule has 0 aliphatic heterocycles. The number of rotatable bonds is 12. The predicted octanol–water partition coefficient (Wildman–Crippen LogP) is 15.1. The molecule has 0 unspecified atom stereocenters. The lowest BCUT2D eigenvalue weighted by Gasteiger charge is -2.15. The normalized spacial score (nSPS) is 10.9. The van der Waals surface area contributed by atoms with Gasteiger partial charge in [-0.1, -0.05) is 144 Å². The Kier molecular flexibility index (Phi) is 11.0. The maximum atomic E-state index is 6.21. The number of ether oxygens (including phenoxy) is 2. The van der Waals surface area contributed by atoms with Crippen LogP contribution in [0.25, 0.3) is 22.3 Å². The molecule has 0 bridgehead atoms. The molecule has 0 amide bonds. The summed E-state index contributed by atoms with van der Waals surface area (Å²) in [7, 11) is 0. The molecule has 2 nitrogen and oxygen atoms in total. The molecule has 0 saturated carbocycles. The summed E-state index contributed by atoms with van der Waals surface area (Å²) in [5.41, 5.74) is 4.54. The van der Waals surface area contributed by atoms with Crippen molar-refractivity contribution in [3.05, 3.63) is 206 Å². The van der Waals surface area contributed by atoms with Gasteiger partial charge in [-0.05, 0) is 119 Å². The van der Waals surface area contributed by atoms with E-state index < -0.39 is 0 Å². The summed E-state index contributed by atoms with van der Waals surface area (Å²) in [4.78, 5) is 7.10. The molecule has 256 valence electrons. The first kappa shape index (κ1) is 34.5. The maximum absolute atomic E-state index is 6.21. The summed E-state index contributed by atoms with van der Waals surface area (Å²) < 4.78 is 12.4. The molecule has 53 heavy (non-hydrogen) atoms. The third-order valence-corrected chi connectivity index (χ3v) is 11.4. The Morgan fingerprint density at radius 1 is 0.264 bits per heavy atom. The largest absolute Gasteiger partial charge is 0.457 e. The molecular formula is C48H34O2S3. The van der Waals surface area contributed by atoms with Crippen LogP contribution in [0.5, 0.6) is 23.0 Å². The van der Waals surface area contributed by atoms with E-state index in [2.05, 4.69) is 133 Å². The highest BCUT2D eigenvalue weighted by atomic mass is 32.2. The zero-order valence-corrected chi connectivity index (χ0v) is 31.1. The number of benzene rings is 8. The van der Waals surface area contributed by atoms with Gasteiger partial charge in [0.2, 0.25) is 0 Å². The molecule has 0 saturated heterocycles. The van der Waals surface area contributed by atoms with Gasteiger partial charge in [-0.3, -0.25) is 0 Å². The van der Waals surface area contributed by atoms with E-state index in [-0.39, 0.29) is 0 Å². The van der Waals surface area contributed by atoms with E-state index in [0.29, 0.717) is 0 Å². The SMILES string of the molecule is c1ccc(Oc2cccc(-c3ccc(Sc4ccc(-c5cccc(Oc6ccccc6)c5)c(Sc5ccccc5)c4)cc3Sc3ccccc3)c2)cc1. The van der Waals surface area contributed by atoms with Crippen molar-refractivity contribution in [3.63, 3.8) is 0 Å². The Balaban J connectivity index is 1.12. The lowest BCUT2D eigenvalue weighted by molar-refractivity contribution is 0.482. The minimum absolute atomic E-state index is 0.809. The van der Waals surface area contributed by atoms with Gasteiger partial charge in [-0.15, -0.1) is 0 Å². The zero-order valence-electron chi connectivity index (χ0n) is 28.7. The van der Waals surface area contributed by atoms with E-state index in [1.807, 2.05) is 72.8 Å². The van der Waals surface area contributed by atoms with Gasteiger partial charge in [-0.25, -0.2) is 0 Å². The Bertz CT molecular complexity index is 2250. The van der Waals surface area contributed by atoms with Crippen LogP contribution >= 0.6 is 35.3 Å². The predicted molar refractivity (Wildman–Crippen MR) is 222 cm³/mol. The molecule has 0 aliphatic rings. The average molecular weight is 739 g/mol. The smallest absolute Gasteiger partial charge is 0.128 e. The van der Waals surface area contributed by atoms with Crippen molar-refractivity contribution in [1.82, 2.24) is 0 Å². The lowest BCUT2D eigenvalue weighted by atomic mass is 10.1. The van der Waals surface area contributed by atoms with Crippen LogP contribution in [-0.2, 0) is 0 Å². The first-order valence-corrected chi connectivity index (χ1v) is 19.8. The highest BCUT2D eigenvalue weighted by Crippen LogP contribution is 2.44. The topological polar surface area (TPSA) is 18.5 Å². The van der Waals surface area contributed by atoms with Crippen molar-refractivity contribution in [2.75, 3.05) is 0 Å². The van der Waals surface area contributed by atoms with Gasteiger partial charge in [0.25, 0.3) is 0 Å². The minimum atomic E-state index is 0.809. The van der Waals surface area contributed by atoms with Crippen LogP contribution in [0.1, 0.15) is 0 Å². The molecule has 0 aliphatic carbocycles. The van der Waals surface area contributed by atoms with Gasteiger partial charge in [0.05, 0.1) is 0 Å². The summed E-state index contributed by atoms with van der Waals surface area (Å²) in [6.45, 7) is 0. The fraction of sp³-hybridized carbons (Fsp3) is 0. The highest BCUT2D eigenvalue weighted by Gasteiger charge is 2.14. The van der Waals surface area contributed by atoms with Gasteiger partial charge in [0.15, 0.2) is 0 Å². The van der Waals surface area contributed by atoms with Crippen LogP contribution in [0, 0.1) is 0 Å². The Labute approximate surface area is 323 Å². The second-order valence-corrected chi connectivity index (χ2v) is 15.5. The van der Waals surface area contributed by atoms with Crippen molar-refractivity contribution in [2.24, 2.45) is 0 Å². The summed E-state index contributed by atoms with van der Waals surface area (Å²) in [5.74, 6) is 3.26. The minimum Gasteiger partial charge on any atom is -0.457 e. The van der Waals surface area contributed by atoms with Gasteiger partial charge >= 0.3 is 0 Å². The zero-order chi connectivity index (χ0) is 35.7. The number of hydrogen-bond acceptors (Lipinski definition) is 5. The van der Waals surface area contributed by atoms with Crippen molar-refractivity contribution >= 4 is 35.3 Å². The van der Waals surface area contributed by atoms with Crippen LogP contribution in [0.15, 0.2) is 236 Å². The van der Waals surface area contributed by atoms with E-state index >= 15 is 0 Å². The van der Waals surface area contributed by atoms with Gasteiger partial charge in [-0.2, -0.15) is 0 Å². The van der Waals surface area contributed by atoms with Crippen molar-refractivity contribution in [3.8, 4) is 45.3 Å². The third kappa shape index (κ3) is 9.08. The Morgan fingerprint density at radius 3 is 1.06 bits per heavy atom. The molecule has 0 radical (unpaired) electrons. The van der Waals surface area contributed by atoms with Crippen molar-refractivity contribution in [1.29, 1.82) is 0 Å². The average Bonchev–Trinajstić information content (AvgIpc) is 3.20. The molecule has 0 heterocycles. The van der Waals surface area contributed by atoms with Crippen molar-refractivity contribution in [2.45, 2.75) is 29.4 Å². The van der Waals surface area contributed by atoms with Gasteiger partial charge in [0, 0.05) is 29.4 Å². The maximum Gasteiger partial charge on any atom is 0.128 e. The molecule has 0 atom stereocenters. The highest BCUT2D eigenvalue weighted by molar-refractivity contribution is 8.00. The van der Waals surface area contributed by atoms with Crippen LogP contribution in [0.3, 0.4) is 0 Å². The number of para-hydroxylation sites is 2. The molecule has 0 fully saturated rings. The Hall–Kier alpha value is -5.59. The second-order valence-electron chi connectivity index (χ2n) is 12.1. The fourth-order valence-corrected chi connectivity index (χ4v) is 8.95. The number of hydrogen-bond donors (Lipinski definition) is 0. The monoisotopic (exact) mass is 738 g/mol. The van der Waals surface area contributed by atoms with Gasteiger partial charge < -0.3 is 9.47 Å². The van der Waals surface area contributed by atoms with Crippen LogP contribution in [-0.4, -0.2) is 0 Å². The van der Waals surface area contributed by atoms with E-state index in [1.54, 1.807) is 35.3 Å². The molecule has 8 aromatic carbocycles. The van der Waals surface area contributed by atoms with Gasteiger partial charge in [0.1, 0.15) is 23.0 Å². The fourth-order valence-electron chi connectivity index (χ4n) is 5.85. The standard InChI is InChI=1S/C48H34O2S3/c1-5-17-37(18-6-1)49-39-21-13-15-35(31-39)45-29-27-43(33-47(45)52-41-23-9-3-10-24-41)51-44-28-30-46(48(34-44)53-42-25-11-4-12-26-42)36-16-14-22-40(32-36)50-38-19-7-2-8-20-38/h1-34H. The summed E-state index contributed by atoms with van der Waals surface area (Å²) in [6.07, 6.45) is 0. The molecule has 0 spiro atoms. The third-order valence-electron chi connectivity index (χ3n) is 8.33. The second kappa shape index (κ2) is 16.8. The summed E-state index contributed by atoms with van der Waals surface area (Å²) >= 11 is 5.34. The van der Waals surface area contributed by atoms with Crippen LogP contribution in [0.2, 0.25) is 0 Å². The van der Waals surface area contributed by atoms with Crippen LogP contribution < -0.4 is 9.47 Å². The summed E-state index contributed by atoms with van der Waals surface area (Å²) in [6, 6.07) is 71.2. The molecule has 8 aromatic rings. The quantitative estimate of drug-likeness (QED) is 0.124. The van der Waals surface area contributed by atoms with E-state index in [4.69, 9.17) is 9.47 Å². The molecule has 8 rings (SSSR count). The van der Waals surface area contributed by atoms with E-state index in [0.717, 1.165) is 45.3 Å². The Morgan fingerprint density at radius 2 is 0.642 bits per heavy atom. The lowest BCUT2D eigenvalue weighted by Crippen LogP contribution is -1.89. The summed E-state index contributed by atoms with van der Waals surface area (Å²) in [5, 5.41) is 0. The first-order chi connectivity index (χ1) is 26.2. The molecule has 0 N–H and O–H groups in total. The van der Waals surface area contributed by atoms with E-state index in [9.17, 15) is 0 Å². The first-order valence-electron chi connectivity index (χ1n) is 17.3.